The number of aryl methyl sites for hydroxylation is 2. The molecule has 2 aromatic carbocycles. The molecule has 3 nitrogen and oxygen atoms in total. The Morgan fingerprint density at radius 1 is 1.10 bits per heavy atom. The van der Waals surface area contributed by atoms with E-state index in [0.29, 0.717) is 6.61 Å². The molecule has 1 aliphatic rings. The zero-order valence-corrected chi connectivity index (χ0v) is 12.1. The lowest BCUT2D eigenvalue weighted by Crippen LogP contribution is -2.24. The van der Waals surface area contributed by atoms with Gasteiger partial charge in [0.15, 0.2) is 0 Å². The third-order valence-corrected chi connectivity index (χ3v) is 3.63. The first-order valence-corrected chi connectivity index (χ1v) is 6.82. The first kappa shape index (κ1) is 12.9. The van der Waals surface area contributed by atoms with Gasteiger partial charge < -0.3 is 14.8 Å². The topological polar surface area (TPSA) is 30.5 Å². The number of hydrogen-bond donors (Lipinski definition) is 1. The van der Waals surface area contributed by atoms with E-state index in [0.717, 1.165) is 22.7 Å². The molecule has 3 heteroatoms. The van der Waals surface area contributed by atoms with Gasteiger partial charge in [0.2, 0.25) is 0 Å². The number of rotatable bonds is 2. The van der Waals surface area contributed by atoms with Gasteiger partial charge in [-0.2, -0.15) is 0 Å². The summed E-state index contributed by atoms with van der Waals surface area (Å²) in [4.78, 5) is 0. The maximum atomic E-state index is 5.87. The second kappa shape index (κ2) is 5.08. The standard InChI is InChI=1S/C17H19NO2/c1-11-4-6-16(19-3)13(8-11)15-10-20-17-7-5-12(2)9-14(17)18-15/h4-9,15,18H,10H2,1-3H3. The van der Waals surface area contributed by atoms with Crippen LogP contribution in [0.25, 0.3) is 0 Å². The summed E-state index contributed by atoms with van der Waals surface area (Å²) in [6.45, 7) is 4.78. The molecular weight excluding hydrogens is 250 g/mol. The lowest BCUT2D eigenvalue weighted by atomic mass is 10.0. The molecule has 0 bridgehead atoms. The van der Waals surface area contributed by atoms with Crippen LogP contribution in [0.2, 0.25) is 0 Å². The van der Waals surface area contributed by atoms with E-state index in [9.17, 15) is 0 Å². The van der Waals surface area contributed by atoms with E-state index in [-0.39, 0.29) is 6.04 Å². The molecule has 0 saturated heterocycles. The van der Waals surface area contributed by atoms with E-state index in [1.165, 1.54) is 11.1 Å². The van der Waals surface area contributed by atoms with Gasteiger partial charge in [0.25, 0.3) is 0 Å². The molecule has 1 aliphatic heterocycles. The van der Waals surface area contributed by atoms with Crippen molar-refractivity contribution in [2.75, 3.05) is 19.0 Å². The normalized spacial score (nSPS) is 16.9. The maximum Gasteiger partial charge on any atom is 0.142 e. The number of anilines is 1. The Labute approximate surface area is 119 Å². The van der Waals surface area contributed by atoms with E-state index in [1.807, 2.05) is 12.1 Å². The summed E-state index contributed by atoms with van der Waals surface area (Å²) in [5.74, 6) is 1.81. The Morgan fingerprint density at radius 2 is 1.85 bits per heavy atom. The van der Waals surface area contributed by atoms with Crippen molar-refractivity contribution < 1.29 is 9.47 Å². The molecule has 1 heterocycles. The van der Waals surface area contributed by atoms with Crippen molar-refractivity contribution in [3.63, 3.8) is 0 Å². The molecule has 0 aromatic heterocycles. The SMILES string of the molecule is COc1ccc(C)cc1C1COc2ccc(C)cc2N1. The van der Waals surface area contributed by atoms with Crippen LogP contribution in [0.3, 0.4) is 0 Å². The Balaban J connectivity index is 1.95. The monoisotopic (exact) mass is 269 g/mol. The zero-order valence-electron chi connectivity index (χ0n) is 12.1. The molecule has 0 fully saturated rings. The number of nitrogens with one attached hydrogen (secondary N) is 1. The molecule has 104 valence electrons. The van der Waals surface area contributed by atoms with E-state index < -0.39 is 0 Å². The molecule has 0 saturated carbocycles. The summed E-state index contributed by atoms with van der Waals surface area (Å²) in [7, 11) is 1.70. The van der Waals surface area contributed by atoms with Crippen LogP contribution in [0, 0.1) is 13.8 Å². The summed E-state index contributed by atoms with van der Waals surface area (Å²) < 4.78 is 11.3. The van der Waals surface area contributed by atoms with Gasteiger partial charge in [-0.25, -0.2) is 0 Å². The van der Waals surface area contributed by atoms with Crippen LogP contribution < -0.4 is 14.8 Å². The Bertz CT molecular complexity index is 637. The van der Waals surface area contributed by atoms with Crippen molar-refractivity contribution in [1.82, 2.24) is 0 Å². The van der Waals surface area contributed by atoms with E-state index in [1.54, 1.807) is 7.11 Å². The summed E-state index contributed by atoms with van der Waals surface area (Å²) in [6.07, 6.45) is 0. The fourth-order valence-electron chi connectivity index (χ4n) is 2.58. The van der Waals surface area contributed by atoms with Gasteiger partial charge in [0.1, 0.15) is 18.1 Å². The molecular formula is C17H19NO2. The van der Waals surface area contributed by atoms with Gasteiger partial charge in [0, 0.05) is 5.56 Å². The van der Waals surface area contributed by atoms with Crippen molar-refractivity contribution in [3.05, 3.63) is 53.1 Å². The lowest BCUT2D eigenvalue weighted by molar-refractivity contribution is 0.282. The number of methoxy groups -OCH3 is 1. The molecule has 1 unspecified atom stereocenters. The van der Waals surface area contributed by atoms with Crippen molar-refractivity contribution >= 4 is 5.69 Å². The van der Waals surface area contributed by atoms with Crippen LogP contribution in [0.5, 0.6) is 11.5 Å². The van der Waals surface area contributed by atoms with Gasteiger partial charge in [-0.3, -0.25) is 0 Å². The summed E-state index contributed by atoms with van der Waals surface area (Å²) in [5.41, 5.74) is 4.62. The Morgan fingerprint density at radius 3 is 2.65 bits per heavy atom. The quantitative estimate of drug-likeness (QED) is 0.898. The summed E-state index contributed by atoms with van der Waals surface area (Å²) in [6, 6.07) is 12.5. The average molecular weight is 269 g/mol. The Hall–Kier alpha value is -2.16. The second-order valence-electron chi connectivity index (χ2n) is 5.25. The van der Waals surface area contributed by atoms with Crippen molar-refractivity contribution in [3.8, 4) is 11.5 Å². The molecule has 0 aliphatic carbocycles. The third kappa shape index (κ3) is 2.31. The van der Waals surface area contributed by atoms with E-state index in [2.05, 4.69) is 43.4 Å². The first-order chi connectivity index (χ1) is 9.67. The van der Waals surface area contributed by atoms with Crippen molar-refractivity contribution in [1.29, 1.82) is 0 Å². The summed E-state index contributed by atoms with van der Waals surface area (Å²) >= 11 is 0. The zero-order chi connectivity index (χ0) is 14.1. The van der Waals surface area contributed by atoms with Crippen molar-refractivity contribution in [2.24, 2.45) is 0 Å². The minimum absolute atomic E-state index is 0.110. The summed E-state index contributed by atoms with van der Waals surface area (Å²) in [5, 5.41) is 3.55. The fraction of sp³-hybridized carbons (Fsp3) is 0.294. The molecule has 0 amide bonds. The minimum Gasteiger partial charge on any atom is -0.496 e. The third-order valence-electron chi connectivity index (χ3n) is 3.63. The average Bonchev–Trinajstić information content (AvgIpc) is 2.46. The highest BCUT2D eigenvalue weighted by molar-refractivity contribution is 5.61. The molecule has 2 aromatic rings. The van der Waals surface area contributed by atoms with Gasteiger partial charge in [-0.15, -0.1) is 0 Å². The van der Waals surface area contributed by atoms with Gasteiger partial charge in [-0.1, -0.05) is 23.8 Å². The van der Waals surface area contributed by atoms with Crippen LogP contribution in [-0.4, -0.2) is 13.7 Å². The van der Waals surface area contributed by atoms with Gasteiger partial charge in [0.05, 0.1) is 18.8 Å². The van der Waals surface area contributed by atoms with Crippen LogP contribution in [-0.2, 0) is 0 Å². The number of benzene rings is 2. The van der Waals surface area contributed by atoms with E-state index in [4.69, 9.17) is 9.47 Å². The van der Waals surface area contributed by atoms with Gasteiger partial charge in [-0.05, 0) is 37.6 Å². The Kier molecular flexibility index (Phi) is 3.26. The van der Waals surface area contributed by atoms with Crippen LogP contribution in [0.4, 0.5) is 5.69 Å². The van der Waals surface area contributed by atoms with Crippen molar-refractivity contribution in [2.45, 2.75) is 19.9 Å². The number of fused-ring (bicyclic) bond motifs is 1. The largest absolute Gasteiger partial charge is 0.496 e. The fourth-order valence-corrected chi connectivity index (χ4v) is 2.58. The number of hydrogen-bond acceptors (Lipinski definition) is 3. The second-order valence-corrected chi connectivity index (χ2v) is 5.25. The molecule has 3 rings (SSSR count). The molecule has 1 atom stereocenters. The van der Waals surface area contributed by atoms with Crippen LogP contribution in [0.1, 0.15) is 22.7 Å². The van der Waals surface area contributed by atoms with E-state index >= 15 is 0 Å². The predicted octanol–water partition coefficient (Wildman–Crippen LogP) is 3.86. The smallest absolute Gasteiger partial charge is 0.142 e. The molecule has 20 heavy (non-hydrogen) atoms. The number of ether oxygens (including phenoxy) is 2. The highest BCUT2D eigenvalue weighted by Crippen LogP contribution is 2.37. The highest BCUT2D eigenvalue weighted by Gasteiger charge is 2.23. The molecule has 0 radical (unpaired) electrons. The highest BCUT2D eigenvalue weighted by atomic mass is 16.5. The minimum atomic E-state index is 0.110. The first-order valence-electron chi connectivity index (χ1n) is 6.82. The molecule has 0 spiro atoms. The van der Waals surface area contributed by atoms with Gasteiger partial charge >= 0.3 is 0 Å². The maximum absolute atomic E-state index is 5.87. The van der Waals surface area contributed by atoms with Crippen LogP contribution in [0.15, 0.2) is 36.4 Å². The molecule has 1 N–H and O–H groups in total. The lowest BCUT2D eigenvalue weighted by Gasteiger charge is -2.29. The van der Waals surface area contributed by atoms with Crippen LogP contribution >= 0.6 is 0 Å². The predicted molar refractivity (Wildman–Crippen MR) is 80.8 cm³/mol.